The summed E-state index contributed by atoms with van der Waals surface area (Å²) in [6.07, 6.45) is 1.75. The lowest BCUT2D eigenvalue weighted by atomic mass is 10.1. The van der Waals surface area contributed by atoms with Crippen LogP contribution in [0.3, 0.4) is 0 Å². The van der Waals surface area contributed by atoms with Crippen LogP contribution in [0, 0.1) is 0 Å². The van der Waals surface area contributed by atoms with Crippen LogP contribution >= 0.6 is 0 Å². The van der Waals surface area contributed by atoms with Crippen molar-refractivity contribution in [2.75, 3.05) is 12.4 Å². The van der Waals surface area contributed by atoms with Crippen LogP contribution in [0.1, 0.15) is 11.4 Å². The Kier molecular flexibility index (Phi) is 4.14. The SMILES string of the molecule is COCc1cc(CNc2cc(-c3ccccc3)nc3ccnn23)[nH]n1. The molecule has 4 aromatic rings. The molecule has 0 atom stereocenters. The first-order chi connectivity index (χ1) is 12.3. The van der Waals surface area contributed by atoms with Crippen molar-refractivity contribution in [2.24, 2.45) is 0 Å². The smallest absolute Gasteiger partial charge is 0.157 e. The van der Waals surface area contributed by atoms with E-state index in [0.717, 1.165) is 34.1 Å². The Morgan fingerprint density at radius 2 is 2.04 bits per heavy atom. The Hall–Kier alpha value is -3.19. The minimum Gasteiger partial charge on any atom is -0.378 e. The maximum Gasteiger partial charge on any atom is 0.157 e. The Balaban J connectivity index is 1.62. The van der Waals surface area contributed by atoms with Crippen molar-refractivity contribution in [1.29, 1.82) is 0 Å². The van der Waals surface area contributed by atoms with Gasteiger partial charge in [-0.2, -0.15) is 14.7 Å². The molecule has 0 amide bonds. The van der Waals surface area contributed by atoms with Crippen LogP contribution in [0.15, 0.2) is 54.7 Å². The fourth-order valence-electron chi connectivity index (χ4n) is 2.70. The van der Waals surface area contributed by atoms with Crippen LogP contribution in [0.5, 0.6) is 0 Å². The number of anilines is 1. The maximum absolute atomic E-state index is 5.09. The molecule has 0 radical (unpaired) electrons. The van der Waals surface area contributed by atoms with E-state index in [2.05, 4.69) is 25.6 Å². The molecule has 1 aromatic carbocycles. The highest BCUT2D eigenvalue weighted by Crippen LogP contribution is 2.22. The molecule has 7 heteroatoms. The third kappa shape index (κ3) is 3.22. The quantitative estimate of drug-likeness (QED) is 0.567. The van der Waals surface area contributed by atoms with E-state index in [0.29, 0.717) is 13.2 Å². The van der Waals surface area contributed by atoms with E-state index in [1.165, 1.54) is 0 Å². The van der Waals surface area contributed by atoms with Crippen LogP contribution in [0.2, 0.25) is 0 Å². The van der Waals surface area contributed by atoms with E-state index >= 15 is 0 Å². The molecule has 3 heterocycles. The minimum atomic E-state index is 0.493. The van der Waals surface area contributed by atoms with Crippen LogP contribution in [-0.4, -0.2) is 31.9 Å². The Morgan fingerprint density at radius 1 is 1.16 bits per heavy atom. The number of benzene rings is 1. The van der Waals surface area contributed by atoms with Gasteiger partial charge in [0.05, 0.1) is 36.4 Å². The van der Waals surface area contributed by atoms with Crippen molar-refractivity contribution in [3.8, 4) is 11.3 Å². The van der Waals surface area contributed by atoms with E-state index in [1.807, 2.05) is 48.5 Å². The molecule has 0 aliphatic rings. The number of rotatable bonds is 6. The average Bonchev–Trinajstić information content (AvgIpc) is 3.30. The normalized spacial score (nSPS) is 11.1. The summed E-state index contributed by atoms with van der Waals surface area (Å²) in [5, 5.41) is 15.0. The predicted molar refractivity (Wildman–Crippen MR) is 95.1 cm³/mol. The minimum absolute atomic E-state index is 0.493. The second kappa shape index (κ2) is 6.74. The Bertz CT molecular complexity index is 976. The third-order valence-corrected chi connectivity index (χ3v) is 3.87. The van der Waals surface area contributed by atoms with Crippen molar-refractivity contribution in [3.63, 3.8) is 0 Å². The summed E-state index contributed by atoms with van der Waals surface area (Å²) in [4.78, 5) is 4.67. The number of aromatic amines is 1. The predicted octanol–water partition coefficient (Wildman–Crippen LogP) is 2.88. The van der Waals surface area contributed by atoms with Crippen LogP contribution in [0.4, 0.5) is 5.82 Å². The standard InChI is InChI=1S/C18H18N6O/c1-25-12-15-9-14(22-23-15)11-19-18-10-16(13-5-3-2-4-6-13)21-17-7-8-20-24(17)18/h2-10,19H,11-12H2,1H3,(H,22,23). The van der Waals surface area contributed by atoms with Crippen LogP contribution < -0.4 is 5.32 Å². The zero-order valence-electron chi connectivity index (χ0n) is 13.8. The molecular formula is C18H18N6O. The monoisotopic (exact) mass is 334 g/mol. The van der Waals surface area contributed by atoms with Gasteiger partial charge in [-0.15, -0.1) is 0 Å². The van der Waals surface area contributed by atoms with Crippen LogP contribution in [-0.2, 0) is 17.9 Å². The molecule has 0 unspecified atom stereocenters. The number of hydrogen-bond acceptors (Lipinski definition) is 5. The first kappa shape index (κ1) is 15.3. The molecular weight excluding hydrogens is 316 g/mol. The summed E-state index contributed by atoms with van der Waals surface area (Å²) >= 11 is 0. The summed E-state index contributed by atoms with van der Waals surface area (Å²) in [5.74, 6) is 0.872. The number of hydrogen-bond donors (Lipinski definition) is 2. The third-order valence-electron chi connectivity index (χ3n) is 3.87. The zero-order chi connectivity index (χ0) is 17.1. The zero-order valence-corrected chi connectivity index (χ0v) is 13.8. The van der Waals surface area contributed by atoms with Gasteiger partial charge in [0, 0.05) is 24.8 Å². The molecule has 126 valence electrons. The number of methoxy groups -OCH3 is 1. The molecule has 4 rings (SSSR count). The number of H-pyrrole nitrogens is 1. The Morgan fingerprint density at radius 3 is 2.88 bits per heavy atom. The summed E-state index contributed by atoms with van der Waals surface area (Å²) in [6, 6.07) is 16.0. The first-order valence-corrected chi connectivity index (χ1v) is 7.99. The molecule has 0 saturated heterocycles. The topological polar surface area (TPSA) is 80.1 Å². The van der Waals surface area contributed by atoms with Gasteiger partial charge < -0.3 is 10.1 Å². The van der Waals surface area contributed by atoms with E-state index < -0.39 is 0 Å². The fourth-order valence-corrected chi connectivity index (χ4v) is 2.70. The molecule has 0 aliphatic heterocycles. The number of fused-ring (bicyclic) bond motifs is 1. The van der Waals surface area contributed by atoms with Gasteiger partial charge in [-0.1, -0.05) is 30.3 Å². The molecule has 0 spiro atoms. The van der Waals surface area contributed by atoms with Crippen LogP contribution in [0.25, 0.3) is 16.9 Å². The molecule has 3 aromatic heterocycles. The lowest BCUT2D eigenvalue weighted by Gasteiger charge is -2.10. The number of aromatic nitrogens is 5. The van der Waals surface area contributed by atoms with Gasteiger partial charge in [0.1, 0.15) is 5.82 Å². The summed E-state index contributed by atoms with van der Waals surface area (Å²) in [7, 11) is 1.66. The fraction of sp³-hybridized carbons (Fsp3) is 0.167. The van der Waals surface area contributed by atoms with Gasteiger partial charge in [0.25, 0.3) is 0 Å². The molecule has 0 aliphatic carbocycles. The average molecular weight is 334 g/mol. The van der Waals surface area contributed by atoms with Gasteiger partial charge in [0.15, 0.2) is 5.65 Å². The Labute approximate surface area is 144 Å². The van der Waals surface area contributed by atoms with Gasteiger partial charge in [-0.05, 0) is 6.07 Å². The van der Waals surface area contributed by atoms with Gasteiger partial charge in [0.2, 0.25) is 0 Å². The van der Waals surface area contributed by atoms with Crippen molar-refractivity contribution in [3.05, 3.63) is 66.1 Å². The molecule has 0 fully saturated rings. The molecule has 2 N–H and O–H groups in total. The van der Waals surface area contributed by atoms with E-state index in [9.17, 15) is 0 Å². The van der Waals surface area contributed by atoms with Crippen molar-refractivity contribution in [1.82, 2.24) is 24.8 Å². The summed E-state index contributed by atoms with van der Waals surface area (Å²) in [5.41, 5.74) is 4.63. The lowest BCUT2D eigenvalue weighted by Crippen LogP contribution is -2.07. The van der Waals surface area contributed by atoms with E-state index in [1.54, 1.807) is 17.8 Å². The highest BCUT2D eigenvalue weighted by molar-refractivity contribution is 5.66. The number of nitrogens with one attached hydrogen (secondary N) is 2. The maximum atomic E-state index is 5.09. The van der Waals surface area contributed by atoms with E-state index in [-0.39, 0.29) is 0 Å². The molecule has 25 heavy (non-hydrogen) atoms. The lowest BCUT2D eigenvalue weighted by molar-refractivity contribution is 0.181. The van der Waals surface area contributed by atoms with Gasteiger partial charge >= 0.3 is 0 Å². The van der Waals surface area contributed by atoms with Crippen molar-refractivity contribution >= 4 is 11.5 Å². The first-order valence-electron chi connectivity index (χ1n) is 7.99. The molecule has 0 saturated carbocycles. The summed E-state index contributed by atoms with van der Waals surface area (Å²) in [6.45, 7) is 1.09. The number of nitrogens with zero attached hydrogens (tertiary/aromatic N) is 4. The summed E-state index contributed by atoms with van der Waals surface area (Å²) < 4.78 is 6.88. The van der Waals surface area contributed by atoms with Crippen molar-refractivity contribution < 1.29 is 4.74 Å². The number of ether oxygens (including phenoxy) is 1. The van der Waals surface area contributed by atoms with Crippen molar-refractivity contribution in [2.45, 2.75) is 13.2 Å². The molecule has 7 nitrogen and oxygen atoms in total. The largest absolute Gasteiger partial charge is 0.378 e. The second-order valence-electron chi connectivity index (χ2n) is 5.66. The van der Waals surface area contributed by atoms with E-state index in [4.69, 9.17) is 4.74 Å². The van der Waals surface area contributed by atoms with Gasteiger partial charge in [-0.25, -0.2) is 4.98 Å². The highest BCUT2D eigenvalue weighted by atomic mass is 16.5. The second-order valence-corrected chi connectivity index (χ2v) is 5.66. The molecule has 0 bridgehead atoms. The highest BCUT2D eigenvalue weighted by Gasteiger charge is 2.09. The van der Waals surface area contributed by atoms with Gasteiger partial charge in [-0.3, -0.25) is 5.10 Å².